The van der Waals surface area contributed by atoms with E-state index in [2.05, 4.69) is 15.5 Å². The third kappa shape index (κ3) is 4.11. The first kappa shape index (κ1) is 18.5. The molecule has 1 amide bonds. The summed E-state index contributed by atoms with van der Waals surface area (Å²) in [6, 6.07) is 9.20. The Kier molecular flexibility index (Phi) is 5.68. The van der Waals surface area contributed by atoms with Crippen LogP contribution in [-0.2, 0) is 11.8 Å². The number of aryl methyl sites for hydroxylation is 1. The van der Waals surface area contributed by atoms with E-state index in [1.54, 1.807) is 6.26 Å². The van der Waals surface area contributed by atoms with E-state index in [-0.39, 0.29) is 17.7 Å². The summed E-state index contributed by atoms with van der Waals surface area (Å²) in [6.07, 6.45) is 1.62. The van der Waals surface area contributed by atoms with Crippen LogP contribution in [0.4, 0.5) is 0 Å². The second kappa shape index (κ2) is 7.97. The number of aromatic nitrogens is 3. The number of carbonyl (C=O) groups excluding carboxylic acids is 1. The maximum absolute atomic E-state index is 12.2. The molecule has 0 radical (unpaired) electrons. The number of nitrogens with zero attached hydrogens (tertiary/aromatic N) is 3. The molecule has 1 N–H and O–H groups in total. The number of hydrogen-bond donors (Lipinski definition) is 1. The molecule has 26 heavy (non-hydrogen) atoms. The molecule has 0 saturated carbocycles. The molecule has 0 saturated heterocycles. The van der Waals surface area contributed by atoms with Gasteiger partial charge in [0.25, 0.3) is 0 Å². The fraction of sp³-hybridized carbons (Fsp3) is 0.278. The van der Waals surface area contributed by atoms with Gasteiger partial charge in [-0.15, -0.1) is 10.2 Å². The van der Waals surface area contributed by atoms with E-state index in [9.17, 15) is 4.79 Å². The summed E-state index contributed by atoms with van der Waals surface area (Å²) in [7, 11) is 1.87. The standard InChI is InChI=1S/C18H19ClN4O2S/c1-11(13-4-6-14(19)7-5-13)20-16(24)10-26-18-22-21-17(23(18)3)15-8-9-25-12(15)2/h4-9,11H,10H2,1-3H3,(H,20,24)/t11-/m0/s1. The van der Waals surface area contributed by atoms with Crippen molar-refractivity contribution in [2.45, 2.75) is 25.0 Å². The van der Waals surface area contributed by atoms with Crippen LogP contribution in [-0.4, -0.2) is 26.4 Å². The largest absolute Gasteiger partial charge is 0.469 e. The number of amides is 1. The Bertz CT molecular complexity index is 904. The Balaban J connectivity index is 1.59. The Hall–Kier alpha value is -2.25. The summed E-state index contributed by atoms with van der Waals surface area (Å²) >= 11 is 7.24. The number of furan rings is 1. The van der Waals surface area contributed by atoms with Crippen LogP contribution >= 0.6 is 23.4 Å². The molecule has 0 fully saturated rings. The van der Waals surface area contributed by atoms with Crippen LogP contribution in [0, 0.1) is 6.92 Å². The van der Waals surface area contributed by atoms with Gasteiger partial charge < -0.3 is 14.3 Å². The molecule has 6 nitrogen and oxygen atoms in total. The van der Waals surface area contributed by atoms with E-state index in [1.807, 2.05) is 55.8 Å². The van der Waals surface area contributed by atoms with Crippen LogP contribution in [0.5, 0.6) is 0 Å². The van der Waals surface area contributed by atoms with Crippen molar-refractivity contribution in [3.63, 3.8) is 0 Å². The quantitative estimate of drug-likeness (QED) is 0.644. The number of nitrogens with one attached hydrogen (secondary N) is 1. The predicted molar refractivity (Wildman–Crippen MR) is 102 cm³/mol. The Morgan fingerprint density at radius 1 is 1.31 bits per heavy atom. The maximum atomic E-state index is 12.2. The van der Waals surface area contributed by atoms with Crippen molar-refractivity contribution in [3.05, 3.63) is 52.9 Å². The van der Waals surface area contributed by atoms with Crippen LogP contribution in [0.15, 0.2) is 46.2 Å². The average Bonchev–Trinajstić information content (AvgIpc) is 3.19. The second-order valence-corrected chi connectivity index (χ2v) is 7.26. The van der Waals surface area contributed by atoms with Crippen molar-refractivity contribution in [1.29, 1.82) is 0 Å². The molecule has 1 atom stereocenters. The molecule has 0 unspecified atom stereocenters. The highest BCUT2D eigenvalue weighted by Gasteiger charge is 2.16. The fourth-order valence-electron chi connectivity index (χ4n) is 2.54. The van der Waals surface area contributed by atoms with Crippen molar-refractivity contribution in [1.82, 2.24) is 20.1 Å². The summed E-state index contributed by atoms with van der Waals surface area (Å²) in [5.74, 6) is 1.69. The summed E-state index contributed by atoms with van der Waals surface area (Å²) in [5.41, 5.74) is 1.90. The zero-order valence-corrected chi connectivity index (χ0v) is 16.3. The first-order valence-electron chi connectivity index (χ1n) is 8.07. The highest BCUT2D eigenvalue weighted by atomic mass is 35.5. The Labute approximate surface area is 160 Å². The van der Waals surface area contributed by atoms with Gasteiger partial charge in [-0.05, 0) is 37.6 Å². The van der Waals surface area contributed by atoms with Gasteiger partial charge in [-0.1, -0.05) is 35.5 Å². The molecule has 2 heterocycles. The van der Waals surface area contributed by atoms with Gasteiger partial charge in [-0.2, -0.15) is 0 Å². The first-order valence-corrected chi connectivity index (χ1v) is 9.43. The zero-order chi connectivity index (χ0) is 18.7. The van der Waals surface area contributed by atoms with Gasteiger partial charge in [0.05, 0.1) is 23.6 Å². The highest BCUT2D eigenvalue weighted by molar-refractivity contribution is 7.99. The van der Waals surface area contributed by atoms with Crippen molar-refractivity contribution in [2.75, 3.05) is 5.75 Å². The summed E-state index contributed by atoms with van der Waals surface area (Å²) in [6.45, 7) is 3.82. The molecular weight excluding hydrogens is 372 g/mol. The van der Waals surface area contributed by atoms with E-state index in [4.69, 9.17) is 16.0 Å². The molecule has 0 spiro atoms. The topological polar surface area (TPSA) is 72.9 Å². The minimum absolute atomic E-state index is 0.0681. The number of hydrogen-bond acceptors (Lipinski definition) is 5. The smallest absolute Gasteiger partial charge is 0.230 e. The van der Waals surface area contributed by atoms with Gasteiger partial charge in [0.2, 0.25) is 5.91 Å². The highest BCUT2D eigenvalue weighted by Crippen LogP contribution is 2.25. The van der Waals surface area contributed by atoms with Gasteiger partial charge in [0.15, 0.2) is 11.0 Å². The maximum Gasteiger partial charge on any atom is 0.230 e. The molecule has 3 aromatic rings. The lowest BCUT2D eigenvalue weighted by Crippen LogP contribution is -2.28. The number of thioether (sulfide) groups is 1. The lowest BCUT2D eigenvalue weighted by Gasteiger charge is -2.14. The van der Waals surface area contributed by atoms with Gasteiger partial charge >= 0.3 is 0 Å². The zero-order valence-electron chi connectivity index (χ0n) is 14.7. The summed E-state index contributed by atoms with van der Waals surface area (Å²) in [4.78, 5) is 12.2. The SMILES string of the molecule is Cc1occc1-c1nnc(SCC(=O)N[C@@H](C)c2ccc(Cl)cc2)n1C. The lowest BCUT2D eigenvalue weighted by atomic mass is 10.1. The molecule has 136 valence electrons. The summed E-state index contributed by atoms with van der Waals surface area (Å²) < 4.78 is 7.17. The third-order valence-electron chi connectivity index (χ3n) is 4.01. The van der Waals surface area contributed by atoms with E-state index >= 15 is 0 Å². The Morgan fingerprint density at radius 3 is 2.69 bits per heavy atom. The monoisotopic (exact) mass is 390 g/mol. The van der Waals surface area contributed by atoms with E-state index in [0.717, 1.165) is 16.9 Å². The van der Waals surface area contributed by atoms with Crippen LogP contribution in [0.3, 0.4) is 0 Å². The molecule has 2 aromatic heterocycles. The van der Waals surface area contributed by atoms with Crippen LogP contribution in [0.2, 0.25) is 5.02 Å². The van der Waals surface area contributed by atoms with Gasteiger partial charge in [-0.3, -0.25) is 4.79 Å². The minimum atomic E-state index is -0.0935. The molecule has 1 aromatic carbocycles. The minimum Gasteiger partial charge on any atom is -0.469 e. The van der Waals surface area contributed by atoms with Gasteiger partial charge in [0.1, 0.15) is 5.76 Å². The van der Waals surface area contributed by atoms with Gasteiger partial charge in [-0.25, -0.2) is 0 Å². The second-order valence-electron chi connectivity index (χ2n) is 5.89. The summed E-state index contributed by atoms with van der Waals surface area (Å²) in [5, 5.41) is 12.7. The molecule has 0 bridgehead atoms. The van der Waals surface area contributed by atoms with E-state index in [1.165, 1.54) is 11.8 Å². The number of benzene rings is 1. The molecule has 3 rings (SSSR count). The lowest BCUT2D eigenvalue weighted by molar-refractivity contribution is -0.119. The Morgan fingerprint density at radius 2 is 2.04 bits per heavy atom. The van der Waals surface area contributed by atoms with E-state index in [0.29, 0.717) is 16.0 Å². The first-order chi connectivity index (χ1) is 12.5. The van der Waals surface area contributed by atoms with Crippen molar-refractivity contribution in [3.8, 4) is 11.4 Å². The van der Waals surface area contributed by atoms with Crippen molar-refractivity contribution in [2.24, 2.45) is 7.05 Å². The average molecular weight is 391 g/mol. The van der Waals surface area contributed by atoms with Crippen LogP contribution in [0.25, 0.3) is 11.4 Å². The van der Waals surface area contributed by atoms with Crippen molar-refractivity contribution < 1.29 is 9.21 Å². The normalized spacial score (nSPS) is 12.2. The van der Waals surface area contributed by atoms with E-state index < -0.39 is 0 Å². The third-order valence-corrected chi connectivity index (χ3v) is 5.29. The molecule has 0 aliphatic carbocycles. The number of carbonyl (C=O) groups is 1. The molecular formula is C18H19ClN4O2S. The van der Waals surface area contributed by atoms with Gasteiger partial charge in [0, 0.05) is 12.1 Å². The number of rotatable bonds is 6. The molecule has 0 aliphatic rings. The fourth-order valence-corrected chi connectivity index (χ4v) is 3.39. The van der Waals surface area contributed by atoms with Crippen LogP contribution < -0.4 is 5.32 Å². The molecule has 8 heteroatoms. The van der Waals surface area contributed by atoms with Crippen molar-refractivity contribution >= 4 is 29.3 Å². The molecule has 0 aliphatic heterocycles. The predicted octanol–water partition coefficient (Wildman–Crippen LogP) is 4.01. The number of halogens is 1. The van der Waals surface area contributed by atoms with Crippen LogP contribution in [0.1, 0.15) is 24.3 Å².